The summed E-state index contributed by atoms with van der Waals surface area (Å²) in [6, 6.07) is 4.95. The Morgan fingerprint density at radius 2 is 1.72 bits per heavy atom. The first-order valence-electron chi connectivity index (χ1n) is 11.4. The molecule has 2 N–H and O–H groups in total. The van der Waals surface area contributed by atoms with Crippen LogP contribution in [-0.4, -0.2) is 39.7 Å². The number of alkyl halides is 3. The summed E-state index contributed by atoms with van der Waals surface area (Å²) in [6.45, 7) is 11.8. The number of hydrogen-bond acceptors (Lipinski definition) is 6. The van der Waals surface area contributed by atoms with Gasteiger partial charge in [0.1, 0.15) is 30.1 Å². The lowest BCUT2D eigenvalue weighted by Gasteiger charge is -2.33. The van der Waals surface area contributed by atoms with Crippen molar-refractivity contribution >= 4 is 17.8 Å². The van der Waals surface area contributed by atoms with E-state index >= 15 is 0 Å². The number of alkyl carbamates (subject to hydrolysis) is 1. The summed E-state index contributed by atoms with van der Waals surface area (Å²) >= 11 is 0. The molecule has 1 aromatic carbocycles. The van der Waals surface area contributed by atoms with E-state index in [1.54, 1.807) is 27.7 Å². The number of carbonyl (C=O) groups excluding carboxylic acids is 2. The Morgan fingerprint density at radius 3 is 2.28 bits per heavy atom. The third-order valence-corrected chi connectivity index (χ3v) is 4.76. The zero-order chi connectivity index (χ0) is 27.3. The lowest BCUT2D eigenvalue weighted by atomic mass is 9.91. The average molecular weight is 511 g/mol. The molecule has 8 nitrogen and oxygen atoms in total. The van der Waals surface area contributed by atoms with E-state index in [0.717, 1.165) is 12.4 Å². The van der Waals surface area contributed by atoms with Crippen molar-refractivity contribution < 1.29 is 32.2 Å². The number of carbonyl (C=O) groups is 2. The van der Waals surface area contributed by atoms with Crippen LogP contribution in [0.3, 0.4) is 0 Å². The summed E-state index contributed by atoms with van der Waals surface area (Å²) in [4.78, 5) is 31.6. The van der Waals surface area contributed by atoms with E-state index in [0.29, 0.717) is 6.42 Å². The molecule has 11 heteroatoms. The monoisotopic (exact) mass is 510 g/mol. The van der Waals surface area contributed by atoms with Crippen molar-refractivity contribution in [2.24, 2.45) is 5.92 Å². The standard InChI is InChI=1S/C25H33F3N4O4/c1-15(2)12-24(7,32-22(34)36-23(4,5)6)13-35-20-9-8-17(10-18(20)25(26,27)28)19-11-21(30-14-29-19)31-16(3)33/h8-11,14-15H,12-13H2,1-7H3,(H,32,34)(H,29,30,31,33). The van der Waals surface area contributed by atoms with E-state index in [4.69, 9.17) is 9.47 Å². The van der Waals surface area contributed by atoms with Crippen LogP contribution < -0.4 is 15.4 Å². The first kappa shape index (κ1) is 28.9. The van der Waals surface area contributed by atoms with Crippen LogP contribution in [0.2, 0.25) is 0 Å². The fourth-order valence-corrected chi connectivity index (χ4v) is 3.63. The predicted molar refractivity (Wildman–Crippen MR) is 129 cm³/mol. The minimum Gasteiger partial charge on any atom is -0.491 e. The van der Waals surface area contributed by atoms with Crippen LogP contribution in [-0.2, 0) is 15.7 Å². The maximum Gasteiger partial charge on any atom is 0.419 e. The molecule has 2 amide bonds. The van der Waals surface area contributed by atoms with Gasteiger partial charge in [0.15, 0.2) is 0 Å². The number of halogens is 3. The summed E-state index contributed by atoms with van der Waals surface area (Å²) in [5.41, 5.74) is -2.35. The molecule has 1 heterocycles. The molecule has 2 rings (SSSR count). The highest BCUT2D eigenvalue weighted by Crippen LogP contribution is 2.39. The van der Waals surface area contributed by atoms with Crippen molar-refractivity contribution in [2.45, 2.75) is 72.2 Å². The third-order valence-electron chi connectivity index (χ3n) is 4.76. The summed E-state index contributed by atoms with van der Waals surface area (Å²) in [6.07, 6.45) is -3.80. The number of hydrogen-bond donors (Lipinski definition) is 2. The van der Waals surface area contributed by atoms with Crippen LogP contribution in [0.5, 0.6) is 5.75 Å². The maximum atomic E-state index is 14.0. The van der Waals surface area contributed by atoms with Crippen LogP contribution in [0.1, 0.15) is 60.5 Å². The molecule has 0 aliphatic carbocycles. The minimum absolute atomic E-state index is 0.119. The third kappa shape index (κ3) is 9.01. The van der Waals surface area contributed by atoms with Crippen molar-refractivity contribution in [1.82, 2.24) is 15.3 Å². The Hall–Kier alpha value is -3.37. The first-order valence-corrected chi connectivity index (χ1v) is 11.4. The zero-order valence-electron chi connectivity index (χ0n) is 21.5. The van der Waals surface area contributed by atoms with Gasteiger partial charge >= 0.3 is 12.3 Å². The SMILES string of the molecule is CC(=O)Nc1cc(-c2ccc(OCC(C)(CC(C)C)NC(=O)OC(C)(C)C)c(C(F)(F)F)c2)ncn1. The van der Waals surface area contributed by atoms with Gasteiger partial charge in [-0.2, -0.15) is 13.2 Å². The number of nitrogens with zero attached hydrogens (tertiary/aromatic N) is 2. The number of rotatable bonds is 8. The molecular formula is C25H33F3N4O4. The van der Waals surface area contributed by atoms with Gasteiger partial charge in [-0.3, -0.25) is 4.79 Å². The van der Waals surface area contributed by atoms with Crippen molar-refractivity contribution in [2.75, 3.05) is 11.9 Å². The van der Waals surface area contributed by atoms with E-state index in [2.05, 4.69) is 20.6 Å². The van der Waals surface area contributed by atoms with Crippen molar-refractivity contribution in [3.05, 3.63) is 36.2 Å². The smallest absolute Gasteiger partial charge is 0.419 e. The van der Waals surface area contributed by atoms with Gasteiger partial charge in [0, 0.05) is 18.6 Å². The van der Waals surface area contributed by atoms with E-state index in [1.807, 2.05) is 13.8 Å². The van der Waals surface area contributed by atoms with Crippen molar-refractivity contribution in [1.29, 1.82) is 0 Å². The second-order valence-electron chi connectivity index (χ2n) is 10.3. The molecule has 0 spiro atoms. The van der Waals surface area contributed by atoms with Gasteiger partial charge in [-0.05, 0) is 58.2 Å². The van der Waals surface area contributed by atoms with Gasteiger partial charge in [0.05, 0.1) is 16.8 Å². The Balaban J connectivity index is 2.34. The lowest BCUT2D eigenvalue weighted by Crippen LogP contribution is -2.52. The number of nitrogens with one attached hydrogen (secondary N) is 2. The molecule has 0 saturated carbocycles. The highest BCUT2D eigenvalue weighted by atomic mass is 19.4. The van der Waals surface area contributed by atoms with Gasteiger partial charge in [-0.15, -0.1) is 0 Å². The molecule has 1 atom stereocenters. The van der Waals surface area contributed by atoms with Crippen LogP contribution >= 0.6 is 0 Å². The fraction of sp³-hybridized carbons (Fsp3) is 0.520. The zero-order valence-corrected chi connectivity index (χ0v) is 21.5. The molecular weight excluding hydrogens is 477 g/mol. The van der Waals surface area contributed by atoms with Crippen LogP contribution in [0.4, 0.5) is 23.8 Å². The Morgan fingerprint density at radius 1 is 1.06 bits per heavy atom. The molecule has 1 unspecified atom stereocenters. The van der Waals surface area contributed by atoms with Gasteiger partial charge in [0.25, 0.3) is 0 Å². The number of benzene rings is 1. The van der Waals surface area contributed by atoms with E-state index in [-0.39, 0.29) is 41.3 Å². The van der Waals surface area contributed by atoms with Crippen LogP contribution in [0, 0.1) is 5.92 Å². The molecule has 0 radical (unpaired) electrons. The topological polar surface area (TPSA) is 102 Å². The predicted octanol–water partition coefficient (Wildman–Crippen LogP) is 5.83. The van der Waals surface area contributed by atoms with Gasteiger partial charge in [-0.25, -0.2) is 14.8 Å². The van der Waals surface area contributed by atoms with E-state index in [1.165, 1.54) is 25.1 Å². The molecule has 36 heavy (non-hydrogen) atoms. The number of amides is 2. The molecule has 0 saturated heterocycles. The second kappa shape index (κ2) is 11.1. The Kier molecular flexibility index (Phi) is 8.93. The van der Waals surface area contributed by atoms with Gasteiger partial charge in [0.2, 0.25) is 5.91 Å². The first-order chi connectivity index (χ1) is 16.5. The molecule has 1 aromatic heterocycles. The largest absolute Gasteiger partial charge is 0.491 e. The summed E-state index contributed by atoms with van der Waals surface area (Å²) in [7, 11) is 0. The van der Waals surface area contributed by atoms with Crippen molar-refractivity contribution in [3.8, 4) is 17.0 Å². The molecule has 2 aromatic rings. The number of aromatic nitrogens is 2. The Bertz CT molecular complexity index is 1080. The van der Waals surface area contributed by atoms with Crippen LogP contribution in [0.25, 0.3) is 11.3 Å². The van der Waals surface area contributed by atoms with E-state index in [9.17, 15) is 22.8 Å². The lowest BCUT2D eigenvalue weighted by molar-refractivity contribution is -0.139. The molecule has 0 aliphatic rings. The molecule has 0 fully saturated rings. The number of ether oxygens (including phenoxy) is 2. The minimum atomic E-state index is -4.72. The average Bonchev–Trinajstić information content (AvgIpc) is 2.69. The highest BCUT2D eigenvalue weighted by Gasteiger charge is 2.37. The molecule has 0 bridgehead atoms. The normalized spacial score (nSPS) is 13.6. The molecule has 0 aliphatic heterocycles. The van der Waals surface area contributed by atoms with E-state index < -0.39 is 29.0 Å². The summed E-state index contributed by atoms with van der Waals surface area (Å²) < 4.78 is 52.9. The fourth-order valence-electron chi connectivity index (χ4n) is 3.63. The van der Waals surface area contributed by atoms with Crippen LogP contribution in [0.15, 0.2) is 30.6 Å². The summed E-state index contributed by atoms with van der Waals surface area (Å²) in [5.74, 6) is -0.472. The van der Waals surface area contributed by atoms with Crippen molar-refractivity contribution in [3.63, 3.8) is 0 Å². The molecule has 198 valence electrons. The van der Waals surface area contributed by atoms with Gasteiger partial charge in [-0.1, -0.05) is 13.8 Å². The van der Waals surface area contributed by atoms with Gasteiger partial charge < -0.3 is 20.1 Å². The highest BCUT2D eigenvalue weighted by molar-refractivity contribution is 5.88. The quantitative estimate of drug-likeness (QED) is 0.463. The maximum absolute atomic E-state index is 14.0. The second-order valence-corrected chi connectivity index (χ2v) is 10.3. The number of anilines is 1. The Labute approximate surface area is 209 Å². The summed E-state index contributed by atoms with van der Waals surface area (Å²) in [5, 5.41) is 5.22.